The van der Waals surface area contributed by atoms with Crippen LogP contribution in [0.4, 0.5) is 11.5 Å². The van der Waals surface area contributed by atoms with Gasteiger partial charge in [0.1, 0.15) is 18.2 Å². The summed E-state index contributed by atoms with van der Waals surface area (Å²) >= 11 is 0. The van der Waals surface area contributed by atoms with E-state index in [1.54, 1.807) is 12.4 Å². The van der Waals surface area contributed by atoms with E-state index in [9.17, 15) is 0 Å². The molecule has 0 aliphatic carbocycles. The average Bonchev–Trinajstić information content (AvgIpc) is 2.39. The van der Waals surface area contributed by atoms with E-state index in [1.807, 2.05) is 31.2 Å². The average molecular weight is 244 g/mol. The summed E-state index contributed by atoms with van der Waals surface area (Å²) in [5.74, 6) is 1.60. The van der Waals surface area contributed by atoms with Crippen LogP contribution < -0.4 is 15.8 Å². The fourth-order valence-electron chi connectivity index (χ4n) is 1.48. The standard InChI is InChI=1S/C13H16N4O/c1-10-13(16-7-6-15-10)17-8-9-18-12-4-2-11(14)3-5-12/h2-7H,8-9,14H2,1H3,(H,16,17). The fourth-order valence-corrected chi connectivity index (χ4v) is 1.48. The lowest BCUT2D eigenvalue weighted by Crippen LogP contribution is -2.13. The highest BCUT2D eigenvalue weighted by atomic mass is 16.5. The monoisotopic (exact) mass is 244 g/mol. The number of benzene rings is 1. The van der Waals surface area contributed by atoms with Crippen molar-refractivity contribution in [2.24, 2.45) is 0 Å². The van der Waals surface area contributed by atoms with Crippen molar-refractivity contribution >= 4 is 11.5 Å². The number of nitrogens with one attached hydrogen (secondary N) is 1. The van der Waals surface area contributed by atoms with Gasteiger partial charge in [0.05, 0.1) is 12.2 Å². The first-order chi connectivity index (χ1) is 8.75. The van der Waals surface area contributed by atoms with Gasteiger partial charge in [-0.15, -0.1) is 0 Å². The van der Waals surface area contributed by atoms with Gasteiger partial charge in [0, 0.05) is 18.1 Å². The van der Waals surface area contributed by atoms with Crippen molar-refractivity contribution in [3.8, 4) is 5.75 Å². The Morgan fingerprint density at radius 3 is 2.61 bits per heavy atom. The molecule has 3 N–H and O–H groups in total. The summed E-state index contributed by atoms with van der Waals surface area (Å²) in [6.45, 7) is 3.14. The number of nitrogens with zero attached hydrogens (tertiary/aromatic N) is 2. The van der Waals surface area contributed by atoms with Crippen molar-refractivity contribution in [3.05, 3.63) is 42.4 Å². The molecule has 0 bridgehead atoms. The van der Waals surface area contributed by atoms with Gasteiger partial charge in [0.15, 0.2) is 0 Å². The number of aryl methyl sites for hydroxylation is 1. The molecule has 5 nitrogen and oxygen atoms in total. The zero-order chi connectivity index (χ0) is 12.8. The molecule has 94 valence electrons. The van der Waals surface area contributed by atoms with Gasteiger partial charge in [-0.1, -0.05) is 0 Å². The molecule has 18 heavy (non-hydrogen) atoms. The minimum Gasteiger partial charge on any atom is -0.492 e. The molecule has 0 saturated carbocycles. The third kappa shape index (κ3) is 3.35. The van der Waals surface area contributed by atoms with Gasteiger partial charge in [-0.2, -0.15) is 0 Å². The molecule has 0 atom stereocenters. The van der Waals surface area contributed by atoms with Gasteiger partial charge in [-0.05, 0) is 31.2 Å². The van der Waals surface area contributed by atoms with Crippen molar-refractivity contribution in [2.75, 3.05) is 24.2 Å². The van der Waals surface area contributed by atoms with Crippen LogP contribution in [0.15, 0.2) is 36.7 Å². The van der Waals surface area contributed by atoms with Gasteiger partial charge in [0.25, 0.3) is 0 Å². The first kappa shape index (κ1) is 12.2. The summed E-state index contributed by atoms with van der Waals surface area (Å²) in [5, 5.41) is 3.17. The Morgan fingerprint density at radius 2 is 1.89 bits per heavy atom. The van der Waals surface area contributed by atoms with Gasteiger partial charge < -0.3 is 15.8 Å². The van der Waals surface area contributed by atoms with Crippen molar-refractivity contribution in [1.29, 1.82) is 0 Å². The molecule has 1 heterocycles. The number of hydrogen-bond acceptors (Lipinski definition) is 5. The largest absolute Gasteiger partial charge is 0.492 e. The molecule has 2 aromatic rings. The maximum Gasteiger partial charge on any atom is 0.147 e. The summed E-state index contributed by atoms with van der Waals surface area (Å²) in [4.78, 5) is 8.33. The Morgan fingerprint density at radius 1 is 1.17 bits per heavy atom. The van der Waals surface area contributed by atoms with E-state index in [0.29, 0.717) is 13.2 Å². The molecule has 1 aromatic carbocycles. The van der Waals surface area contributed by atoms with Crippen LogP contribution in [0.3, 0.4) is 0 Å². The minimum absolute atomic E-state index is 0.555. The lowest BCUT2D eigenvalue weighted by molar-refractivity contribution is 0.333. The molecule has 0 radical (unpaired) electrons. The van der Waals surface area contributed by atoms with Crippen LogP contribution in [0.1, 0.15) is 5.69 Å². The van der Waals surface area contributed by atoms with Crippen molar-refractivity contribution in [1.82, 2.24) is 9.97 Å². The number of rotatable bonds is 5. The van der Waals surface area contributed by atoms with E-state index in [0.717, 1.165) is 22.9 Å². The summed E-state index contributed by atoms with van der Waals surface area (Å²) in [7, 11) is 0. The SMILES string of the molecule is Cc1nccnc1NCCOc1ccc(N)cc1. The number of nitrogen functional groups attached to an aromatic ring is 1. The summed E-state index contributed by atoms with van der Waals surface area (Å²) < 4.78 is 5.56. The molecule has 0 amide bonds. The molecular formula is C13H16N4O. The molecule has 5 heteroatoms. The Kier molecular flexibility index (Phi) is 3.96. The third-order valence-corrected chi connectivity index (χ3v) is 2.42. The Bertz CT molecular complexity index is 499. The van der Waals surface area contributed by atoms with Crippen LogP contribution in [-0.2, 0) is 0 Å². The molecule has 0 fully saturated rings. The molecule has 2 rings (SSSR count). The number of ether oxygens (including phenoxy) is 1. The maximum absolute atomic E-state index is 5.59. The first-order valence-corrected chi connectivity index (χ1v) is 5.75. The van der Waals surface area contributed by atoms with E-state index in [4.69, 9.17) is 10.5 Å². The fraction of sp³-hybridized carbons (Fsp3) is 0.231. The molecule has 0 spiro atoms. The number of nitrogens with two attached hydrogens (primary N) is 1. The van der Waals surface area contributed by atoms with Gasteiger partial charge in [0.2, 0.25) is 0 Å². The van der Waals surface area contributed by atoms with Crippen LogP contribution in [0, 0.1) is 6.92 Å². The van der Waals surface area contributed by atoms with E-state index in [-0.39, 0.29) is 0 Å². The highest BCUT2D eigenvalue weighted by Crippen LogP contribution is 2.13. The second-order valence-electron chi connectivity index (χ2n) is 3.83. The molecule has 0 aliphatic rings. The van der Waals surface area contributed by atoms with E-state index in [1.165, 1.54) is 0 Å². The van der Waals surface area contributed by atoms with Gasteiger partial charge in [-0.3, -0.25) is 4.98 Å². The Labute approximate surface area is 106 Å². The van der Waals surface area contributed by atoms with Crippen LogP contribution in [-0.4, -0.2) is 23.1 Å². The highest BCUT2D eigenvalue weighted by molar-refractivity contribution is 5.41. The number of aromatic nitrogens is 2. The number of anilines is 2. The predicted molar refractivity (Wildman–Crippen MR) is 71.6 cm³/mol. The molecular weight excluding hydrogens is 228 g/mol. The molecule has 1 aromatic heterocycles. The quantitative estimate of drug-likeness (QED) is 0.620. The van der Waals surface area contributed by atoms with Gasteiger partial charge in [-0.25, -0.2) is 4.98 Å². The second-order valence-corrected chi connectivity index (χ2v) is 3.83. The van der Waals surface area contributed by atoms with Crippen LogP contribution in [0.25, 0.3) is 0 Å². The zero-order valence-corrected chi connectivity index (χ0v) is 10.3. The Balaban J connectivity index is 1.76. The smallest absolute Gasteiger partial charge is 0.147 e. The van der Waals surface area contributed by atoms with E-state index >= 15 is 0 Å². The van der Waals surface area contributed by atoms with Crippen LogP contribution >= 0.6 is 0 Å². The van der Waals surface area contributed by atoms with Crippen molar-refractivity contribution < 1.29 is 4.74 Å². The summed E-state index contributed by atoms with van der Waals surface area (Å²) in [5.41, 5.74) is 7.20. The third-order valence-electron chi connectivity index (χ3n) is 2.42. The molecule has 0 saturated heterocycles. The predicted octanol–water partition coefficient (Wildman–Crippen LogP) is 1.86. The van der Waals surface area contributed by atoms with E-state index in [2.05, 4.69) is 15.3 Å². The summed E-state index contributed by atoms with van der Waals surface area (Å²) in [6.07, 6.45) is 3.33. The lowest BCUT2D eigenvalue weighted by Gasteiger charge is -2.09. The lowest BCUT2D eigenvalue weighted by atomic mass is 10.3. The van der Waals surface area contributed by atoms with E-state index < -0.39 is 0 Å². The first-order valence-electron chi connectivity index (χ1n) is 5.75. The summed E-state index contributed by atoms with van der Waals surface area (Å²) in [6, 6.07) is 7.33. The van der Waals surface area contributed by atoms with Crippen molar-refractivity contribution in [3.63, 3.8) is 0 Å². The minimum atomic E-state index is 0.555. The van der Waals surface area contributed by atoms with Gasteiger partial charge >= 0.3 is 0 Å². The zero-order valence-electron chi connectivity index (χ0n) is 10.3. The second kappa shape index (κ2) is 5.86. The number of hydrogen-bond donors (Lipinski definition) is 2. The molecule has 0 unspecified atom stereocenters. The van der Waals surface area contributed by atoms with Crippen LogP contribution in [0.2, 0.25) is 0 Å². The highest BCUT2D eigenvalue weighted by Gasteiger charge is 1.98. The van der Waals surface area contributed by atoms with Crippen molar-refractivity contribution in [2.45, 2.75) is 6.92 Å². The topological polar surface area (TPSA) is 73.1 Å². The molecule has 0 aliphatic heterocycles. The Hall–Kier alpha value is -2.30. The maximum atomic E-state index is 5.59. The van der Waals surface area contributed by atoms with Crippen LogP contribution in [0.5, 0.6) is 5.75 Å². The normalized spacial score (nSPS) is 10.1.